The number of thioether (sulfide) groups is 1. The zero-order chi connectivity index (χ0) is 7.44. The van der Waals surface area contributed by atoms with Gasteiger partial charge in [-0.1, -0.05) is 41.5 Å². The van der Waals surface area contributed by atoms with Gasteiger partial charge in [-0.2, -0.15) is 0 Å². The van der Waals surface area contributed by atoms with Gasteiger partial charge in [-0.15, -0.1) is 0 Å². The van der Waals surface area contributed by atoms with Crippen molar-refractivity contribution in [3.8, 4) is 0 Å². The lowest BCUT2D eigenvalue weighted by Gasteiger charge is -1.97. The molecule has 3 heteroatoms. The summed E-state index contributed by atoms with van der Waals surface area (Å²) in [4.78, 5) is 0.997. The lowest BCUT2D eigenvalue weighted by molar-refractivity contribution is 1.55. The first-order chi connectivity index (χ1) is 4.04. The molecule has 0 aromatic carbocycles. The summed E-state index contributed by atoms with van der Waals surface area (Å²) in [7, 11) is 0. The number of allylic oxidation sites excluding steroid dienone is 2. The molecule has 0 atom stereocenters. The molecule has 0 heterocycles. The minimum atomic E-state index is 0.549. The molecule has 0 nitrogen and oxygen atoms in total. The van der Waals surface area contributed by atoms with Gasteiger partial charge in [-0.25, -0.2) is 0 Å². The van der Waals surface area contributed by atoms with Gasteiger partial charge in [0.1, 0.15) is 0 Å². The van der Waals surface area contributed by atoms with Crippen LogP contribution in [0.5, 0.6) is 0 Å². The zero-order valence-electron chi connectivity index (χ0n) is 5.37. The Hall–Kier alpha value is 0.410. The second-order valence-corrected chi connectivity index (χ2v) is 4.10. The summed E-state index contributed by atoms with van der Waals surface area (Å²) in [6.07, 6.45) is 0. The van der Waals surface area contributed by atoms with E-state index in [0.717, 1.165) is 9.94 Å². The molecular weight excluding hydrogens is 175 g/mol. The Balaban J connectivity index is 3.92. The maximum absolute atomic E-state index is 5.63. The maximum atomic E-state index is 5.63. The second kappa shape index (κ2) is 4.26. The molecular formula is C6H8Cl2S. The Kier molecular flexibility index (Phi) is 4.46. The van der Waals surface area contributed by atoms with E-state index >= 15 is 0 Å². The molecule has 0 unspecified atom stereocenters. The number of hydrogen-bond donors (Lipinski definition) is 0. The molecule has 0 amide bonds. The minimum absolute atomic E-state index is 0.549. The Morgan fingerprint density at radius 2 is 1.78 bits per heavy atom. The van der Waals surface area contributed by atoms with Crippen molar-refractivity contribution < 1.29 is 0 Å². The summed E-state index contributed by atoms with van der Waals surface area (Å²) in [5.41, 5.74) is 0. The van der Waals surface area contributed by atoms with Crippen LogP contribution in [0.2, 0.25) is 0 Å². The monoisotopic (exact) mass is 182 g/mol. The average Bonchev–Trinajstić information content (AvgIpc) is 1.63. The molecule has 0 aromatic rings. The first-order valence-electron chi connectivity index (χ1n) is 2.39. The van der Waals surface area contributed by atoms with Gasteiger partial charge in [-0.3, -0.25) is 0 Å². The van der Waals surface area contributed by atoms with Crippen LogP contribution in [-0.2, 0) is 0 Å². The van der Waals surface area contributed by atoms with Gasteiger partial charge < -0.3 is 0 Å². The summed E-state index contributed by atoms with van der Waals surface area (Å²) >= 11 is 12.5. The average molecular weight is 183 g/mol. The fourth-order valence-corrected chi connectivity index (χ4v) is 1.17. The van der Waals surface area contributed by atoms with Gasteiger partial charge in [0.25, 0.3) is 0 Å². The van der Waals surface area contributed by atoms with Crippen molar-refractivity contribution in [2.24, 2.45) is 0 Å². The van der Waals surface area contributed by atoms with E-state index < -0.39 is 0 Å². The van der Waals surface area contributed by atoms with Crippen molar-refractivity contribution in [1.29, 1.82) is 0 Å². The largest absolute Gasteiger partial charge is 0.0886 e. The molecule has 0 aliphatic carbocycles. The topological polar surface area (TPSA) is 0 Å². The Morgan fingerprint density at radius 1 is 1.33 bits per heavy atom. The normalized spacial score (nSPS) is 12.9. The van der Waals surface area contributed by atoms with E-state index in [9.17, 15) is 0 Å². The van der Waals surface area contributed by atoms with Gasteiger partial charge in [0.05, 0.1) is 4.36 Å². The van der Waals surface area contributed by atoms with Crippen LogP contribution in [0.25, 0.3) is 0 Å². The predicted molar refractivity (Wildman–Crippen MR) is 46.8 cm³/mol. The van der Waals surface area contributed by atoms with Crippen LogP contribution >= 0.6 is 35.0 Å². The quantitative estimate of drug-likeness (QED) is 0.625. The van der Waals surface area contributed by atoms with Gasteiger partial charge in [0.15, 0.2) is 0 Å². The van der Waals surface area contributed by atoms with E-state index in [-0.39, 0.29) is 0 Å². The number of hydrogen-bond acceptors (Lipinski definition) is 1. The molecule has 0 spiro atoms. The molecule has 0 bridgehead atoms. The highest BCUT2D eigenvalue weighted by molar-refractivity contribution is 8.08. The molecule has 52 valence electrons. The molecule has 0 aliphatic rings. The van der Waals surface area contributed by atoms with Crippen LogP contribution in [0.4, 0.5) is 0 Å². The fraction of sp³-hybridized carbons (Fsp3) is 0.333. The van der Waals surface area contributed by atoms with Gasteiger partial charge in [0, 0.05) is 9.94 Å². The standard InChI is InChI=1S/C6H8Cl2S/c1-4(7)5(2)9-6(3)8/h3H2,1-2H3/b5-4+. The van der Waals surface area contributed by atoms with Crippen LogP contribution in [-0.4, -0.2) is 0 Å². The van der Waals surface area contributed by atoms with Crippen LogP contribution < -0.4 is 0 Å². The Bertz CT molecular complexity index is 145. The molecule has 9 heavy (non-hydrogen) atoms. The van der Waals surface area contributed by atoms with Crippen molar-refractivity contribution in [2.75, 3.05) is 0 Å². The van der Waals surface area contributed by atoms with E-state index in [1.807, 2.05) is 13.8 Å². The molecule has 0 fully saturated rings. The van der Waals surface area contributed by atoms with Crippen LogP contribution in [0.3, 0.4) is 0 Å². The van der Waals surface area contributed by atoms with E-state index in [1.54, 1.807) is 0 Å². The first kappa shape index (κ1) is 9.41. The van der Waals surface area contributed by atoms with Gasteiger partial charge >= 0.3 is 0 Å². The van der Waals surface area contributed by atoms with Crippen molar-refractivity contribution in [1.82, 2.24) is 0 Å². The van der Waals surface area contributed by atoms with E-state index in [0.29, 0.717) is 4.36 Å². The highest BCUT2D eigenvalue weighted by atomic mass is 35.5. The highest BCUT2D eigenvalue weighted by Crippen LogP contribution is 2.29. The third-order valence-electron chi connectivity index (χ3n) is 0.749. The van der Waals surface area contributed by atoms with Crippen LogP contribution in [0.15, 0.2) is 20.9 Å². The summed E-state index contributed by atoms with van der Waals surface area (Å²) in [6, 6.07) is 0. The summed E-state index contributed by atoms with van der Waals surface area (Å²) < 4.78 is 0.549. The molecule has 0 N–H and O–H groups in total. The molecule has 0 radical (unpaired) electrons. The van der Waals surface area contributed by atoms with Gasteiger partial charge in [-0.05, 0) is 13.8 Å². The van der Waals surface area contributed by atoms with Crippen molar-refractivity contribution in [3.05, 3.63) is 20.9 Å². The molecule has 0 saturated heterocycles. The van der Waals surface area contributed by atoms with Crippen LogP contribution in [0, 0.1) is 0 Å². The first-order valence-corrected chi connectivity index (χ1v) is 3.96. The Labute approximate surface area is 69.9 Å². The molecule has 0 rings (SSSR count). The second-order valence-electron chi connectivity index (χ2n) is 1.55. The van der Waals surface area contributed by atoms with Crippen molar-refractivity contribution in [2.45, 2.75) is 13.8 Å². The lowest BCUT2D eigenvalue weighted by atomic mass is 10.6. The summed E-state index contributed by atoms with van der Waals surface area (Å²) in [5.74, 6) is 0. The third kappa shape index (κ3) is 4.89. The SMILES string of the molecule is C=C(Cl)S/C(C)=C(\C)Cl. The number of rotatable bonds is 2. The smallest absolute Gasteiger partial charge is 0.0707 e. The highest BCUT2D eigenvalue weighted by Gasteiger charge is 1.94. The van der Waals surface area contributed by atoms with E-state index in [4.69, 9.17) is 23.2 Å². The zero-order valence-corrected chi connectivity index (χ0v) is 7.70. The minimum Gasteiger partial charge on any atom is -0.0886 e. The molecule has 0 aliphatic heterocycles. The van der Waals surface area contributed by atoms with E-state index in [1.165, 1.54) is 11.8 Å². The maximum Gasteiger partial charge on any atom is 0.0707 e. The third-order valence-corrected chi connectivity index (χ3v) is 2.21. The van der Waals surface area contributed by atoms with Crippen LogP contribution in [0.1, 0.15) is 13.8 Å². The Morgan fingerprint density at radius 3 is 1.89 bits per heavy atom. The molecule has 0 saturated carbocycles. The predicted octanol–water partition coefficient (Wildman–Crippen LogP) is 3.92. The summed E-state index contributed by atoms with van der Waals surface area (Å²) in [6.45, 7) is 7.24. The molecule has 0 aromatic heterocycles. The number of halogens is 2. The van der Waals surface area contributed by atoms with Crippen molar-refractivity contribution >= 4 is 35.0 Å². The van der Waals surface area contributed by atoms with Gasteiger partial charge in [0.2, 0.25) is 0 Å². The summed E-state index contributed by atoms with van der Waals surface area (Å²) in [5, 5.41) is 0.766. The lowest BCUT2D eigenvalue weighted by Crippen LogP contribution is -1.67. The fourth-order valence-electron chi connectivity index (χ4n) is 0.236. The van der Waals surface area contributed by atoms with Crippen molar-refractivity contribution in [3.63, 3.8) is 0 Å². The van der Waals surface area contributed by atoms with E-state index in [2.05, 4.69) is 6.58 Å².